The fourth-order valence-electron chi connectivity index (χ4n) is 4.01. The van der Waals surface area contributed by atoms with E-state index in [2.05, 4.69) is 33.1 Å². The minimum Gasteiger partial charge on any atom is -0.341 e. The normalized spacial score (nSPS) is 15.9. The molecule has 1 aliphatic heterocycles. The summed E-state index contributed by atoms with van der Waals surface area (Å²) < 4.78 is 2.12. The van der Waals surface area contributed by atoms with Crippen molar-refractivity contribution in [2.75, 3.05) is 19.6 Å². The quantitative estimate of drug-likeness (QED) is 0.585. The standard InChI is InChI=1S/C25H27N5O/c26-16-21-6-8-22(9-7-21)18-30-19-27-17-23(30)10-13-28-24-12-15-29(25(24)31)14-11-20-4-2-1-3-5-20/h1-9,17,19,24,28H,10-15,18H2/t24-/m1/s1. The van der Waals surface area contributed by atoms with Crippen molar-refractivity contribution < 1.29 is 4.79 Å². The van der Waals surface area contributed by atoms with E-state index < -0.39 is 0 Å². The Morgan fingerprint density at radius 2 is 1.87 bits per heavy atom. The number of likely N-dealkylation sites (tertiary alicyclic amines) is 1. The molecule has 1 N–H and O–H groups in total. The minimum absolute atomic E-state index is 0.0920. The lowest BCUT2D eigenvalue weighted by Gasteiger charge is -2.17. The Kier molecular flexibility index (Phi) is 6.75. The van der Waals surface area contributed by atoms with Gasteiger partial charge in [0.15, 0.2) is 0 Å². The van der Waals surface area contributed by atoms with Gasteiger partial charge in [0.05, 0.1) is 24.0 Å². The maximum atomic E-state index is 12.7. The molecule has 0 spiro atoms. The number of aromatic nitrogens is 2. The Bertz CT molecular complexity index is 1040. The topological polar surface area (TPSA) is 74.0 Å². The van der Waals surface area contributed by atoms with Gasteiger partial charge in [0, 0.05) is 44.5 Å². The van der Waals surface area contributed by atoms with E-state index in [9.17, 15) is 4.79 Å². The Morgan fingerprint density at radius 1 is 1.06 bits per heavy atom. The molecule has 1 saturated heterocycles. The average Bonchev–Trinajstić information content (AvgIpc) is 3.40. The summed E-state index contributed by atoms with van der Waals surface area (Å²) >= 11 is 0. The number of rotatable bonds is 9. The van der Waals surface area contributed by atoms with E-state index in [0.717, 1.165) is 56.7 Å². The molecule has 0 saturated carbocycles. The molecule has 4 rings (SSSR count). The highest BCUT2D eigenvalue weighted by Gasteiger charge is 2.30. The monoisotopic (exact) mass is 413 g/mol. The van der Waals surface area contributed by atoms with Crippen LogP contribution in [-0.2, 0) is 24.2 Å². The van der Waals surface area contributed by atoms with E-state index in [1.165, 1.54) is 5.56 Å². The summed E-state index contributed by atoms with van der Waals surface area (Å²) in [5, 5.41) is 12.4. The number of nitrogens with one attached hydrogen (secondary N) is 1. The first-order valence-electron chi connectivity index (χ1n) is 10.8. The number of carbonyl (C=O) groups is 1. The summed E-state index contributed by atoms with van der Waals surface area (Å²) in [5.74, 6) is 0.210. The SMILES string of the molecule is N#Cc1ccc(Cn2cncc2CCN[C@@H]2CCN(CCc3ccccc3)C2=O)cc1. The van der Waals surface area contributed by atoms with Crippen LogP contribution in [0.3, 0.4) is 0 Å². The van der Waals surface area contributed by atoms with Crippen molar-refractivity contribution in [2.45, 2.75) is 31.8 Å². The van der Waals surface area contributed by atoms with Crippen molar-refractivity contribution in [2.24, 2.45) is 0 Å². The lowest BCUT2D eigenvalue weighted by atomic mass is 10.1. The molecule has 1 atom stereocenters. The smallest absolute Gasteiger partial charge is 0.239 e. The molecule has 0 aliphatic carbocycles. The number of benzene rings is 2. The maximum absolute atomic E-state index is 12.7. The first-order valence-corrected chi connectivity index (χ1v) is 10.8. The van der Waals surface area contributed by atoms with E-state index in [1.807, 2.05) is 59.9 Å². The molecule has 3 aromatic rings. The summed E-state index contributed by atoms with van der Waals surface area (Å²) in [6.45, 7) is 3.05. The van der Waals surface area contributed by atoms with Gasteiger partial charge in [-0.3, -0.25) is 4.79 Å². The molecule has 0 unspecified atom stereocenters. The number of amides is 1. The van der Waals surface area contributed by atoms with Gasteiger partial charge < -0.3 is 14.8 Å². The van der Waals surface area contributed by atoms with Gasteiger partial charge in [0.25, 0.3) is 0 Å². The Labute approximate surface area is 183 Å². The van der Waals surface area contributed by atoms with Gasteiger partial charge in [-0.05, 0) is 36.1 Å². The first-order chi connectivity index (χ1) is 15.2. The predicted molar refractivity (Wildman–Crippen MR) is 119 cm³/mol. The number of hydrogen-bond donors (Lipinski definition) is 1. The highest BCUT2D eigenvalue weighted by molar-refractivity contribution is 5.84. The first kappa shape index (κ1) is 20.8. The molecule has 1 aromatic heterocycles. The second-order valence-electron chi connectivity index (χ2n) is 7.93. The Hall–Kier alpha value is -3.43. The lowest BCUT2D eigenvalue weighted by Crippen LogP contribution is -2.39. The second-order valence-corrected chi connectivity index (χ2v) is 7.93. The van der Waals surface area contributed by atoms with Gasteiger partial charge >= 0.3 is 0 Å². The molecule has 0 radical (unpaired) electrons. The highest BCUT2D eigenvalue weighted by Crippen LogP contribution is 2.13. The molecular formula is C25H27N5O. The van der Waals surface area contributed by atoms with E-state index >= 15 is 0 Å². The maximum Gasteiger partial charge on any atom is 0.239 e. The van der Waals surface area contributed by atoms with Crippen LogP contribution in [0.25, 0.3) is 0 Å². The van der Waals surface area contributed by atoms with E-state index in [4.69, 9.17) is 5.26 Å². The van der Waals surface area contributed by atoms with Crippen LogP contribution in [0.2, 0.25) is 0 Å². The van der Waals surface area contributed by atoms with Crippen LogP contribution < -0.4 is 5.32 Å². The Morgan fingerprint density at radius 3 is 2.65 bits per heavy atom. The number of carbonyl (C=O) groups excluding carboxylic acids is 1. The molecule has 158 valence electrons. The lowest BCUT2D eigenvalue weighted by molar-refractivity contribution is -0.129. The molecular weight excluding hydrogens is 386 g/mol. The summed E-state index contributed by atoms with van der Waals surface area (Å²) in [6, 6.07) is 20.0. The van der Waals surface area contributed by atoms with E-state index in [-0.39, 0.29) is 11.9 Å². The number of nitrogens with zero attached hydrogens (tertiary/aromatic N) is 4. The fourth-order valence-corrected chi connectivity index (χ4v) is 4.01. The zero-order valence-electron chi connectivity index (χ0n) is 17.6. The predicted octanol–water partition coefficient (Wildman–Crippen LogP) is 2.78. The van der Waals surface area contributed by atoms with Crippen LogP contribution in [0, 0.1) is 11.3 Å². The van der Waals surface area contributed by atoms with Crippen LogP contribution in [0.15, 0.2) is 67.1 Å². The van der Waals surface area contributed by atoms with Gasteiger partial charge in [0.1, 0.15) is 0 Å². The zero-order valence-corrected chi connectivity index (χ0v) is 17.6. The molecule has 2 heterocycles. The largest absolute Gasteiger partial charge is 0.341 e. The minimum atomic E-state index is -0.0920. The van der Waals surface area contributed by atoms with Crippen LogP contribution >= 0.6 is 0 Å². The van der Waals surface area contributed by atoms with Crippen molar-refractivity contribution >= 4 is 5.91 Å². The van der Waals surface area contributed by atoms with Crippen molar-refractivity contribution in [3.63, 3.8) is 0 Å². The van der Waals surface area contributed by atoms with Crippen LogP contribution in [0.4, 0.5) is 0 Å². The zero-order chi connectivity index (χ0) is 21.5. The molecule has 6 heteroatoms. The van der Waals surface area contributed by atoms with Gasteiger partial charge in [-0.15, -0.1) is 0 Å². The number of imidazole rings is 1. The molecule has 6 nitrogen and oxygen atoms in total. The molecule has 1 fully saturated rings. The van der Waals surface area contributed by atoms with Crippen molar-refractivity contribution in [1.29, 1.82) is 5.26 Å². The molecule has 1 amide bonds. The third-order valence-electron chi connectivity index (χ3n) is 5.82. The summed E-state index contributed by atoms with van der Waals surface area (Å²) in [7, 11) is 0. The van der Waals surface area contributed by atoms with Crippen LogP contribution in [0.1, 0.15) is 28.8 Å². The van der Waals surface area contributed by atoms with E-state index in [0.29, 0.717) is 5.56 Å². The number of nitriles is 1. The van der Waals surface area contributed by atoms with Gasteiger partial charge in [0.2, 0.25) is 5.91 Å². The van der Waals surface area contributed by atoms with E-state index in [1.54, 1.807) is 0 Å². The fraction of sp³-hybridized carbons (Fsp3) is 0.320. The second kappa shape index (κ2) is 10.1. The van der Waals surface area contributed by atoms with Crippen LogP contribution in [0.5, 0.6) is 0 Å². The third-order valence-corrected chi connectivity index (χ3v) is 5.82. The molecule has 1 aliphatic rings. The molecule has 2 aromatic carbocycles. The highest BCUT2D eigenvalue weighted by atomic mass is 16.2. The van der Waals surface area contributed by atoms with Crippen LogP contribution in [-0.4, -0.2) is 46.0 Å². The summed E-state index contributed by atoms with van der Waals surface area (Å²) in [4.78, 5) is 19.0. The third kappa shape index (κ3) is 5.39. The van der Waals surface area contributed by atoms with Gasteiger partial charge in [-0.1, -0.05) is 42.5 Å². The van der Waals surface area contributed by atoms with Crippen molar-refractivity contribution in [3.05, 3.63) is 89.5 Å². The summed E-state index contributed by atoms with van der Waals surface area (Å²) in [6.07, 6.45) is 6.28. The summed E-state index contributed by atoms with van der Waals surface area (Å²) in [5.41, 5.74) is 4.19. The molecule has 31 heavy (non-hydrogen) atoms. The van der Waals surface area contributed by atoms with Gasteiger partial charge in [-0.25, -0.2) is 4.98 Å². The average molecular weight is 414 g/mol. The van der Waals surface area contributed by atoms with Crippen molar-refractivity contribution in [3.8, 4) is 6.07 Å². The number of hydrogen-bond acceptors (Lipinski definition) is 4. The Balaban J connectivity index is 1.24. The molecule has 0 bridgehead atoms. The van der Waals surface area contributed by atoms with Gasteiger partial charge in [-0.2, -0.15) is 5.26 Å². The van der Waals surface area contributed by atoms with Crippen molar-refractivity contribution in [1.82, 2.24) is 19.8 Å².